The van der Waals surface area contributed by atoms with Crippen molar-refractivity contribution in [3.63, 3.8) is 0 Å². The number of Topliss-reactive ketones (excluding diaryl/α,β-unsaturated/α-hetero) is 1. The largest absolute Gasteiger partial charge is 0.419 e. The number of aliphatic hydroxyl groups excluding tert-OH is 1. The standard InChI is InChI=1S/C37H51F3N6O3.CH4/c1-24(23-47)19-34(48)31-4-2-3-27(31)20-33-32(37(38,39)40)21-41-36(44-33)43-29-9-7-26(8-10-29)35(49)42-28-11-13-30(14-12-28)46-17-15-45(16-18-46)22-25-5-6-25;/h7-10,21,24-25,27-28,30-31,47H,2-6,11-20,22-23H2,1H3,(H,42,49)(H,41,43,44);1H4/t24-,27-,28?,30?,31-;/m0./s1. The number of amides is 1. The Morgan fingerprint density at radius 3 is 2.32 bits per heavy atom. The van der Waals surface area contributed by atoms with Crippen LogP contribution in [0.2, 0.25) is 0 Å². The van der Waals surface area contributed by atoms with Gasteiger partial charge in [0.05, 0.1) is 11.3 Å². The molecule has 1 saturated heterocycles. The number of rotatable bonds is 13. The topological polar surface area (TPSA) is 111 Å². The fraction of sp³-hybridized carbons (Fsp3) is 0.684. The Morgan fingerprint density at radius 2 is 1.68 bits per heavy atom. The third-order valence-corrected chi connectivity index (χ3v) is 11.1. The minimum absolute atomic E-state index is 0. The maximum Gasteiger partial charge on any atom is 0.419 e. The molecule has 2 heterocycles. The number of carbonyl (C=O) groups is 2. The summed E-state index contributed by atoms with van der Waals surface area (Å²) >= 11 is 0. The molecule has 3 aliphatic carbocycles. The number of ketones is 1. The normalized spacial score (nSPS) is 25.5. The van der Waals surface area contributed by atoms with Crippen molar-refractivity contribution >= 4 is 23.3 Å². The van der Waals surface area contributed by atoms with Crippen LogP contribution in [0.25, 0.3) is 0 Å². The van der Waals surface area contributed by atoms with Crippen LogP contribution >= 0.6 is 0 Å². The summed E-state index contributed by atoms with van der Waals surface area (Å²) in [4.78, 5) is 39.5. The van der Waals surface area contributed by atoms with Crippen LogP contribution in [-0.4, -0.2) is 88.0 Å². The molecule has 3 atom stereocenters. The number of nitrogens with one attached hydrogen (secondary N) is 2. The molecule has 0 unspecified atom stereocenters. The molecule has 1 aromatic carbocycles. The van der Waals surface area contributed by atoms with Gasteiger partial charge in [0, 0.05) is 81.2 Å². The monoisotopic (exact) mass is 700 g/mol. The molecular weight excluding hydrogens is 645 g/mol. The molecule has 0 spiro atoms. The smallest absolute Gasteiger partial charge is 0.396 e. The summed E-state index contributed by atoms with van der Waals surface area (Å²) in [6.45, 7) is 7.56. The van der Waals surface area contributed by atoms with Crippen LogP contribution in [0.5, 0.6) is 0 Å². The van der Waals surface area contributed by atoms with E-state index in [1.54, 1.807) is 31.2 Å². The molecule has 50 heavy (non-hydrogen) atoms. The van der Waals surface area contributed by atoms with E-state index >= 15 is 0 Å². The van der Waals surface area contributed by atoms with E-state index in [9.17, 15) is 27.9 Å². The molecule has 6 rings (SSSR count). The van der Waals surface area contributed by atoms with Gasteiger partial charge in [0.1, 0.15) is 5.78 Å². The SMILES string of the molecule is C.C[C@H](CO)CC(=O)[C@H]1CCC[C@H]1Cc1nc(Nc2ccc(C(=O)NC3CCC(N4CCN(CC5CC5)CC4)CC3)cc2)ncc1C(F)(F)F. The van der Waals surface area contributed by atoms with Crippen molar-refractivity contribution in [1.29, 1.82) is 0 Å². The lowest BCUT2D eigenvalue weighted by Crippen LogP contribution is -2.52. The van der Waals surface area contributed by atoms with Crippen molar-refractivity contribution in [2.24, 2.45) is 23.7 Å². The van der Waals surface area contributed by atoms with Crippen LogP contribution in [0.1, 0.15) is 100 Å². The molecule has 4 fully saturated rings. The Kier molecular flexibility index (Phi) is 12.9. The van der Waals surface area contributed by atoms with E-state index in [0.29, 0.717) is 30.1 Å². The minimum Gasteiger partial charge on any atom is -0.396 e. The highest BCUT2D eigenvalue weighted by Crippen LogP contribution is 2.39. The molecule has 9 nitrogen and oxygen atoms in total. The van der Waals surface area contributed by atoms with Crippen LogP contribution in [0.3, 0.4) is 0 Å². The highest BCUT2D eigenvalue weighted by atomic mass is 19.4. The Bertz CT molecular complexity index is 1420. The average Bonchev–Trinajstić information content (AvgIpc) is 3.78. The lowest BCUT2D eigenvalue weighted by molar-refractivity contribution is -0.138. The summed E-state index contributed by atoms with van der Waals surface area (Å²) in [5.74, 6) is 0.0540. The van der Waals surface area contributed by atoms with Crippen molar-refractivity contribution in [3.05, 3.63) is 47.3 Å². The van der Waals surface area contributed by atoms with E-state index < -0.39 is 11.7 Å². The van der Waals surface area contributed by atoms with Gasteiger partial charge in [-0.25, -0.2) is 9.97 Å². The first-order valence-electron chi connectivity index (χ1n) is 18.3. The van der Waals surface area contributed by atoms with Gasteiger partial charge in [-0.2, -0.15) is 13.2 Å². The van der Waals surface area contributed by atoms with Crippen LogP contribution in [0, 0.1) is 23.7 Å². The number of aromatic nitrogens is 2. The van der Waals surface area contributed by atoms with Gasteiger partial charge in [-0.05, 0) is 99.8 Å². The summed E-state index contributed by atoms with van der Waals surface area (Å²) in [7, 11) is 0. The van der Waals surface area contributed by atoms with E-state index in [1.165, 1.54) is 32.5 Å². The Morgan fingerprint density at radius 1 is 0.980 bits per heavy atom. The van der Waals surface area contributed by atoms with Gasteiger partial charge in [0.25, 0.3) is 5.91 Å². The molecule has 2 aromatic rings. The van der Waals surface area contributed by atoms with Gasteiger partial charge in [-0.15, -0.1) is 0 Å². The van der Waals surface area contributed by atoms with Gasteiger partial charge in [-0.3, -0.25) is 14.5 Å². The zero-order valence-corrected chi connectivity index (χ0v) is 28.6. The minimum atomic E-state index is -4.63. The second-order valence-electron chi connectivity index (χ2n) is 15.0. The van der Waals surface area contributed by atoms with E-state index in [-0.39, 0.29) is 74.0 Å². The number of aliphatic hydroxyl groups is 1. The fourth-order valence-corrected chi connectivity index (χ4v) is 8.05. The second kappa shape index (κ2) is 17.0. The molecule has 1 aliphatic heterocycles. The predicted octanol–water partition coefficient (Wildman–Crippen LogP) is 6.49. The Hall–Kier alpha value is -3.09. The number of halogens is 3. The number of anilines is 2. The highest BCUT2D eigenvalue weighted by molar-refractivity contribution is 5.94. The molecule has 0 radical (unpaired) electrons. The van der Waals surface area contributed by atoms with Crippen LogP contribution in [0.15, 0.2) is 30.5 Å². The van der Waals surface area contributed by atoms with Gasteiger partial charge in [0.15, 0.2) is 0 Å². The number of hydrogen-bond acceptors (Lipinski definition) is 8. The number of piperazine rings is 1. The Balaban J connectivity index is 0.00000486. The molecule has 3 saturated carbocycles. The average molecular weight is 701 g/mol. The summed E-state index contributed by atoms with van der Waals surface area (Å²) in [6, 6.07) is 7.52. The molecule has 4 aliphatic rings. The molecular formula is C38H55F3N6O3. The summed E-state index contributed by atoms with van der Waals surface area (Å²) < 4.78 is 41.9. The van der Waals surface area contributed by atoms with Crippen LogP contribution in [-0.2, 0) is 17.4 Å². The zero-order chi connectivity index (χ0) is 34.5. The third-order valence-electron chi connectivity index (χ3n) is 11.1. The molecule has 1 aromatic heterocycles. The highest BCUT2D eigenvalue weighted by Gasteiger charge is 2.39. The maximum atomic E-state index is 14.0. The lowest BCUT2D eigenvalue weighted by atomic mass is 9.84. The number of nitrogens with zero attached hydrogens (tertiary/aromatic N) is 4. The summed E-state index contributed by atoms with van der Waals surface area (Å²) in [5, 5.41) is 15.5. The van der Waals surface area contributed by atoms with Crippen molar-refractivity contribution in [2.75, 3.05) is 44.6 Å². The first kappa shape index (κ1) is 38.1. The molecule has 276 valence electrons. The molecule has 3 N–H and O–H groups in total. The van der Waals surface area contributed by atoms with Gasteiger partial charge in [0.2, 0.25) is 5.95 Å². The number of carbonyl (C=O) groups excluding carboxylic acids is 2. The molecule has 12 heteroatoms. The second-order valence-corrected chi connectivity index (χ2v) is 15.0. The lowest BCUT2D eigenvalue weighted by Gasteiger charge is -2.42. The quantitative estimate of drug-likeness (QED) is 0.218. The van der Waals surface area contributed by atoms with Gasteiger partial charge >= 0.3 is 6.18 Å². The van der Waals surface area contributed by atoms with Crippen LogP contribution < -0.4 is 10.6 Å². The first-order chi connectivity index (χ1) is 23.6. The summed E-state index contributed by atoms with van der Waals surface area (Å²) in [5.41, 5.74) is 0.0340. The zero-order valence-electron chi connectivity index (χ0n) is 28.6. The van der Waals surface area contributed by atoms with E-state index in [4.69, 9.17) is 0 Å². The van der Waals surface area contributed by atoms with Gasteiger partial charge < -0.3 is 20.6 Å². The number of benzene rings is 1. The van der Waals surface area contributed by atoms with E-state index in [0.717, 1.165) is 57.3 Å². The van der Waals surface area contributed by atoms with Gasteiger partial charge in [-0.1, -0.05) is 20.8 Å². The number of alkyl halides is 3. The van der Waals surface area contributed by atoms with Crippen molar-refractivity contribution in [1.82, 2.24) is 25.1 Å². The summed E-state index contributed by atoms with van der Waals surface area (Å²) in [6.07, 6.45) is 5.37. The van der Waals surface area contributed by atoms with E-state index in [1.807, 2.05) is 0 Å². The van der Waals surface area contributed by atoms with Crippen molar-refractivity contribution < 1.29 is 27.9 Å². The van der Waals surface area contributed by atoms with Crippen LogP contribution in [0.4, 0.5) is 24.8 Å². The van der Waals surface area contributed by atoms with Crippen molar-refractivity contribution in [2.45, 2.75) is 103 Å². The van der Waals surface area contributed by atoms with E-state index in [2.05, 4.69) is 30.4 Å². The fourth-order valence-electron chi connectivity index (χ4n) is 8.05. The maximum absolute atomic E-state index is 14.0. The Labute approximate surface area is 294 Å². The molecule has 0 bridgehead atoms. The number of hydrogen-bond donors (Lipinski definition) is 3. The molecule has 1 amide bonds. The predicted molar refractivity (Wildman–Crippen MR) is 188 cm³/mol. The van der Waals surface area contributed by atoms with Crippen molar-refractivity contribution in [3.8, 4) is 0 Å². The first-order valence-corrected chi connectivity index (χ1v) is 18.3. The third kappa shape index (κ3) is 10.0.